The standard InChI is InChI=1S/C23H32N6O2/c1-16(2)14-31-23(30)28-12-10-17(11-13-28)6-5-9-19-26-21(24)20-22(27-19)29(15-25-20)18-7-3-4-8-18/h15-18H,3-4,6-8,10-14H2,1-2H3,(H2,24,26,27). The number of imidazole rings is 1. The van der Waals surface area contributed by atoms with Crippen molar-refractivity contribution in [3.63, 3.8) is 0 Å². The minimum Gasteiger partial charge on any atom is -0.449 e. The first-order valence-electron chi connectivity index (χ1n) is 11.4. The van der Waals surface area contributed by atoms with Gasteiger partial charge in [-0.3, -0.25) is 0 Å². The number of hydrogen-bond acceptors (Lipinski definition) is 6. The Morgan fingerprint density at radius 2 is 1.97 bits per heavy atom. The van der Waals surface area contributed by atoms with Gasteiger partial charge in [0.15, 0.2) is 11.5 Å². The van der Waals surface area contributed by atoms with Crippen molar-refractivity contribution in [2.24, 2.45) is 11.8 Å². The molecule has 1 saturated heterocycles. The molecule has 2 aliphatic rings. The van der Waals surface area contributed by atoms with E-state index in [1.807, 2.05) is 20.2 Å². The number of carbonyl (C=O) groups is 1. The average Bonchev–Trinajstić information content (AvgIpc) is 3.42. The minimum absolute atomic E-state index is 0.200. The SMILES string of the molecule is CC(C)COC(=O)N1CCC(CC#Cc2nc(N)c3ncn(C4CCCC4)c3n2)CC1. The Hall–Kier alpha value is -2.82. The molecule has 0 atom stereocenters. The van der Waals surface area contributed by atoms with Crippen molar-refractivity contribution in [3.05, 3.63) is 12.2 Å². The zero-order chi connectivity index (χ0) is 21.8. The molecule has 2 aromatic rings. The molecule has 1 aliphatic carbocycles. The van der Waals surface area contributed by atoms with Crippen LogP contribution in [0.3, 0.4) is 0 Å². The third-order valence-electron chi connectivity index (χ3n) is 6.17. The number of nitrogen functional groups attached to an aromatic ring is 1. The first-order chi connectivity index (χ1) is 15.0. The van der Waals surface area contributed by atoms with E-state index in [9.17, 15) is 4.79 Å². The third-order valence-corrected chi connectivity index (χ3v) is 6.17. The maximum atomic E-state index is 12.1. The molecule has 1 aliphatic heterocycles. The number of amides is 1. The maximum absolute atomic E-state index is 12.1. The lowest BCUT2D eigenvalue weighted by Gasteiger charge is -2.30. The van der Waals surface area contributed by atoms with Crippen LogP contribution in [0.1, 0.15) is 70.7 Å². The highest BCUT2D eigenvalue weighted by Crippen LogP contribution is 2.32. The summed E-state index contributed by atoms with van der Waals surface area (Å²) < 4.78 is 7.47. The number of aromatic nitrogens is 4. The summed E-state index contributed by atoms with van der Waals surface area (Å²) in [5, 5.41) is 0. The molecule has 0 radical (unpaired) electrons. The summed E-state index contributed by atoms with van der Waals surface area (Å²) >= 11 is 0. The van der Waals surface area contributed by atoms with E-state index in [0.29, 0.717) is 41.6 Å². The Morgan fingerprint density at radius 1 is 1.23 bits per heavy atom. The van der Waals surface area contributed by atoms with E-state index in [1.54, 1.807) is 4.90 Å². The van der Waals surface area contributed by atoms with Crippen LogP contribution >= 0.6 is 0 Å². The van der Waals surface area contributed by atoms with E-state index < -0.39 is 0 Å². The lowest BCUT2D eigenvalue weighted by atomic mass is 9.94. The maximum Gasteiger partial charge on any atom is 0.409 e. The van der Waals surface area contributed by atoms with Gasteiger partial charge in [0.05, 0.1) is 12.9 Å². The van der Waals surface area contributed by atoms with Crippen LogP contribution in [-0.4, -0.2) is 50.2 Å². The van der Waals surface area contributed by atoms with E-state index in [-0.39, 0.29) is 6.09 Å². The molecule has 0 bridgehead atoms. The molecule has 8 nitrogen and oxygen atoms in total. The lowest BCUT2D eigenvalue weighted by molar-refractivity contribution is 0.0794. The molecule has 1 amide bonds. The number of anilines is 1. The summed E-state index contributed by atoms with van der Waals surface area (Å²) in [6, 6.07) is 0.442. The molecule has 2 N–H and O–H groups in total. The molecule has 0 spiro atoms. The summed E-state index contributed by atoms with van der Waals surface area (Å²) in [7, 11) is 0. The Labute approximate surface area is 183 Å². The molecule has 3 heterocycles. The lowest BCUT2D eigenvalue weighted by Crippen LogP contribution is -2.39. The van der Waals surface area contributed by atoms with Crippen molar-refractivity contribution >= 4 is 23.1 Å². The van der Waals surface area contributed by atoms with Crippen LogP contribution in [0.5, 0.6) is 0 Å². The van der Waals surface area contributed by atoms with Gasteiger partial charge in [0.25, 0.3) is 0 Å². The molecule has 166 valence electrons. The van der Waals surface area contributed by atoms with E-state index in [0.717, 1.165) is 50.8 Å². The molecule has 0 aromatic carbocycles. The second-order valence-electron chi connectivity index (χ2n) is 9.10. The van der Waals surface area contributed by atoms with Crippen LogP contribution in [0.2, 0.25) is 0 Å². The first kappa shape index (κ1) is 21.4. The van der Waals surface area contributed by atoms with Gasteiger partial charge < -0.3 is 19.9 Å². The number of ether oxygens (including phenoxy) is 1. The summed E-state index contributed by atoms with van der Waals surface area (Å²) in [5.74, 6) is 8.00. The third kappa shape index (κ3) is 5.09. The van der Waals surface area contributed by atoms with Crippen molar-refractivity contribution in [1.29, 1.82) is 0 Å². The van der Waals surface area contributed by atoms with Crippen LogP contribution in [0, 0.1) is 23.7 Å². The van der Waals surface area contributed by atoms with Crippen molar-refractivity contribution in [2.45, 2.75) is 64.8 Å². The van der Waals surface area contributed by atoms with Crippen LogP contribution in [0.15, 0.2) is 6.33 Å². The van der Waals surface area contributed by atoms with Crippen LogP contribution in [0.25, 0.3) is 11.2 Å². The van der Waals surface area contributed by atoms with E-state index in [1.165, 1.54) is 12.8 Å². The quantitative estimate of drug-likeness (QED) is 0.750. The molecule has 4 rings (SSSR count). The second kappa shape index (κ2) is 9.54. The number of fused-ring (bicyclic) bond motifs is 1. The predicted octanol–water partition coefficient (Wildman–Crippen LogP) is 3.77. The smallest absolute Gasteiger partial charge is 0.409 e. The monoisotopic (exact) mass is 424 g/mol. The number of carbonyl (C=O) groups excluding carboxylic acids is 1. The number of rotatable bonds is 4. The van der Waals surface area contributed by atoms with Gasteiger partial charge in [0, 0.05) is 25.6 Å². The molecule has 1 saturated carbocycles. The minimum atomic E-state index is -0.200. The van der Waals surface area contributed by atoms with E-state index in [4.69, 9.17) is 10.5 Å². The van der Waals surface area contributed by atoms with Crippen molar-refractivity contribution in [3.8, 4) is 11.8 Å². The van der Waals surface area contributed by atoms with Gasteiger partial charge in [-0.15, -0.1) is 0 Å². The van der Waals surface area contributed by atoms with Gasteiger partial charge in [-0.05, 0) is 43.4 Å². The van der Waals surface area contributed by atoms with E-state index in [2.05, 4.69) is 31.4 Å². The van der Waals surface area contributed by atoms with Gasteiger partial charge in [0.2, 0.25) is 5.82 Å². The highest BCUT2D eigenvalue weighted by atomic mass is 16.6. The Kier molecular flexibility index (Phi) is 6.59. The molecule has 0 unspecified atom stereocenters. The summed E-state index contributed by atoms with van der Waals surface area (Å²) in [6.45, 7) is 5.99. The fourth-order valence-corrected chi connectivity index (χ4v) is 4.37. The van der Waals surface area contributed by atoms with Gasteiger partial charge >= 0.3 is 6.09 Å². The summed E-state index contributed by atoms with van der Waals surface area (Å²) in [5.41, 5.74) is 7.58. The molecular weight excluding hydrogens is 392 g/mol. The van der Waals surface area contributed by atoms with Crippen molar-refractivity contribution < 1.29 is 9.53 Å². The number of nitrogens with two attached hydrogens (primary N) is 1. The number of piperidine rings is 1. The topological polar surface area (TPSA) is 99.2 Å². The fourth-order valence-electron chi connectivity index (χ4n) is 4.37. The normalized spacial score (nSPS) is 17.8. The Morgan fingerprint density at radius 3 is 2.68 bits per heavy atom. The summed E-state index contributed by atoms with van der Waals surface area (Å²) in [6.07, 6.45) is 9.05. The van der Waals surface area contributed by atoms with Gasteiger partial charge in [0.1, 0.15) is 5.52 Å². The molecule has 2 aromatic heterocycles. The number of nitrogens with zero attached hydrogens (tertiary/aromatic N) is 5. The van der Waals surface area contributed by atoms with Crippen LogP contribution in [-0.2, 0) is 4.74 Å². The van der Waals surface area contributed by atoms with Gasteiger partial charge in [-0.1, -0.05) is 32.6 Å². The zero-order valence-electron chi connectivity index (χ0n) is 18.5. The molecule has 8 heteroatoms. The largest absolute Gasteiger partial charge is 0.449 e. The highest BCUT2D eigenvalue weighted by molar-refractivity contribution is 5.82. The summed E-state index contributed by atoms with van der Waals surface area (Å²) in [4.78, 5) is 27.3. The highest BCUT2D eigenvalue weighted by Gasteiger charge is 2.24. The zero-order valence-corrected chi connectivity index (χ0v) is 18.5. The molecule has 31 heavy (non-hydrogen) atoms. The Balaban J connectivity index is 1.35. The fraction of sp³-hybridized carbons (Fsp3) is 0.652. The van der Waals surface area contributed by atoms with E-state index >= 15 is 0 Å². The van der Waals surface area contributed by atoms with Crippen molar-refractivity contribution in [2.75, 3.05) is 25.4 Å². The van der Waals surface area contributed by atoms with Gasteiger partial charge in [-0.2, -0.15) is 0 Å². The Bertz CT molecular complexity index is 975. The first-order valence-corrected chi connectivity index (χ1v) is 11.4. The molecular formula is C23H32N6O2. The van der Waals surface area contributed by atoms with Crippen molar-refractivity contribution in [1.82, 2.24) is 24.4 Å². The van der Waals surface area contributed by atoms with Crippen LogP contribution < -0.4 is 5.73 Å². The van der Waals surface area contributed by atoms with Gasteiger partial charge in [-0.25, -0.2) is 19.7 Å². The predicted molar refractivity (Wildman–Crippen MR) is 119 cm³/mol. The average molecular weight is 425 g/mol. The molecule has 2 fully saturated rings. The number of hydrogen-bond donors (Lipinski definition) is 1. The van der Waals surface area contributed by atoms with Crippen LogP contribution in [0.4, 0.5) is 10.6 Å². The number of likely N-dealkylation sites (tertiary alicyclic amines) is 1. The second-order valence-corrected chi connectivity index (χ2v) is 9.10.